The van der Waals surface area contributed by atoms with Gasteiger partial charge >= 0.3 is 18.3 Å². The van der Waals surface area contributed by atoms with Crippen LogP contribution in [-0.2, 0) is 22.2 Å². The molecule has 3 aromatic carbocycles. The van der Waals surface area contributed by atoms with Gasteiger partial charge in [0, 0.05) is 0 Å². The summed E-state index contributed by atoms with van der Waals surface area (Å²) in [7, 11) is -4.58. The van der Waals surface area contributed by atoms with Crippen LogP contribution in [0.1, 0.15) is 32.6 Å². The van der Waals surface area contributed by atoms with E-state index in [1.807, 2.05) is 5.43 Å². The van der Waals surface area contributed by atoms with Gasteiger partial charge in [-0.25, -0.2) is 17.6 Å². The molecule has 4 rings (SSSR count). The molecule has 0 radical (unpaired) electrons. The molecular weight excluding hydrogens is 569 g/mol. The first-order valence-corrected chi connectivity index (χ1v) is 12.5. The van der Waals surface area contributed by atoms with Crippen LogP contribution in [0.25, 0.3) is 9.81 Å². The molecule has 0 saturated heterocycles. The predicted molar refractivity (Wildman–Crippen MR) is 132 cm³/mol. The quantitative estimate of drug-likeness (QED) is 0.253. The van der Waals surface area contributed by atoms with Crippen LogP contribution in [0, 0.1) is 5.82 Å². The number of benzene rings is 3. The van der Waals surface area contributed by atoms with Crippen molar-refractivity contribution in [1.29, 1.82) is 0 Å². The average Bonchev–Trinajstić information content (AvgIpc) is 2.87. The lowest BCUT2D eigenvalue weighted by Gasteiger charge is -2.19. The van der Waals surface area contributed by atoms with E-state index in [2.05, 4.69) is 5.10 Å². The lowest BCUT2D eigenvalue weighted by atomic mass is 10.1. The molecule has 0 atom stereocenters. The Kier molecular flexibility index (Phi) is 7.32. The van der Waals surface area contributed by atoms with E-state index >= 15 is 0 Å². The van der Waals surface area contributed by atoms with Crippen molar-refractivity contribution in [2.24, 2.45) is 5.10 Å². The summed E-state index contributed by atoms with van der Waals surface area (Å²) in [4.78, 5) is 9.98. The average molecular weight is 584 g/mol. The molecule has 0 unspecified atom stereocenters. The predicted octanol–water partition coefficient (Wildman–Crippen LogP) is 6.84. The number of para-hydroxylation sites is 1. The lowest BCUT2D eigenvalue weighted by molar-refractivity contribution is -0.138. The summed E-state index contributed by atoms with van der Waals surface area (Å²) < 4.78 is 122. The van der Waals surface area contributed by atoms with Crippen LogP contribution in [0.2, 0.25) is 0 Å². The maximum Gasteiger partial charge on any atom is 0.418 e. The van der Waals surface area contributed by atoms with E-state index in [1.54, 1.807) is 0 Å². The fourth-order valence-electron chi connectivity index (χ4n) is 3.75. The van der Waals surface area contributed by atoms with Crippen LogP contribution >= 0.6 is 0 Å². The largest absolute Gasteiger partial charge is 0.478 e. The minimum absolute atomic E-state index is 0.0860. The van der Waals surface area contributed by atoms with Crippen molar-refractivity contribution >= 4 is 37.0 Å². The fraction of sp³-hybridized carbons (Fsp3) is 0.0769. The summed E-state index contributed by atoms with van der Waals surface area (Å²) in [5.41, 5.74) is -2.76. The Morgan fingerprint density at radius 3 is 1.98 bits per heavy atom. The Morgan fingerprint density at radius 1 is 0.800 bits per heavy atom. The molecule has 2 N–H and O–H groups in total. The van der Waals surface area contributed by atoms with Gasteiger partial charge in [-0.05, 0) is 59.7 Å². The van der Waals surface area contributed by atoms with Gasteiger partial charge in [0.2, 0.25) is 9.84 Å². The number of rotatable bonds is 5. The van der Waals surface area contributed by atoms with Crippen LogP contribution in [0.4, 0.5) is 36.4 Å². The molecule has 0 spiro atoms. The Labute approximate surface area is 221 Å². The van der Waals surface area contributed by atoms with E-state index in [0.29, 0.717) is 18.2 Å². The van der Waals surface area contributed by atoms with Crippen molar-refractivity contribution in [1.82, 2.24) is 0 Å². The van der Waals surface area contributed by atoms with Crippen LogP contribution < -0.4 is 5.43 Å². The number of nitrogens with one attached hydrogen (secondary N) is 1. The van der Waals surface area contributed by atoms with E-state index in [1.165, 1.54) is 0 Å². The number of alkyl halides is 6. The number of carboxylic acids is 1. The first kappa shape index (κ1) is 28.5. The third-order valence-electron chi connectivity index (χ3n) is 5.64. The molecule has 0 amide bonds. The van der Waals surface area contributed by atoms with E-state index in [9.17, 15) is 43.9 Å². The monoisotopic (exact) mass is 584 g/mol. The summed E-state index contributed by atoms with van der Waals surface area (Å²) in [5.74, 6) is -2.63. The van der Waals surface area contributed by atoms with Crippen molar-refractivity contribution in [3.05, 3.63) is 113 Å². The van der Waals surface area contributed by atoms with Crippen LogP contribution in [0.15, 0.2) is 84.0 Å². The smallest absolute Gasteiger partial charge is 0.418 e. The molecule has 0 bridgehead atoms. The third-order valence-corrected chi connectivity index (χ3v) is 7.51. The molecule has 6 nitrogen and oxygen atoms in total. The first-order valence-electron chi connectivity index (χ1n) is 11.0. The van der Waals surface area contributed by atoms with Gasteiger partial charge in [-0.2, -0.15) is 31.4 Å². The second-order valence-electron chi connectivity index (χ2n) is 8.29. The van der Waals surface area contributed by atoms with Crippen LogP contribution in [0.5, 0.6) is 0 Å². The minimum Gasteiger partial charge on any atom is -0.478 e. The molecule has 1 heterocycles. The van der Waals surface area contributed by atoms with Gasteiger partial charge in [0.15, 0.2) is 0 Å². The highest BCUT2D eigenvalue weighted by Crippen LogP contribution is 2.39. The van der Waals surface area contributed by atoms with E-state index in [4.69, 9.17) is 5.11 Å². The zero-order valence-electron chi connectivity index (χ0n) is 19.7. The molecule has 1 aliphatic rings. The second kappa shape index (κ2) is 10.3. The topological polar surface area (TPSA) is 95.8 Å². The summed E-state index contributed by atoms with van der Waals surface area (Å²) in [6.45, 7) is 0. The van der Waals surface area contributed by atoms with Crippen LogP contribution in [-0.4, -0.2) is 25.2 Å². The van der Waals surface area contributed by atoms with Gasteiger partial charge in [-0.15, -0.1) is 0 Å². The molecule has 208 valence electrons. The van der Waals surface area contributed by atoms with E-state index in [-0.39, 0.29) is 16.8 Å². The van der Waals surface area contributed by atoms with E-state index in [0.717, 1.165) is 60.7 Å². The van der Waals surface area contributed by atoms with Gasteiger partial charge < -0.3 is 5.11 Å². The number of hydrogen-bond donors (Lipinski definition) is 2. The highest BCUT2D eigenvalue weighted by atomic mass is 32.2. The maximum absolute atomic E-state index is 14.3. The van der Waals surface area contributed by atoms with Gasteiger partial charge in [0.25, 0.3) is 0 Å². The number of carboxylic acid groups (broad SMARTS) is 1. The Hall–Kier alpha value is -4.46. The van der Waals surface area contributed by atoms with Crippen molar-refractivity contribution in [3.8, 4) is 0 Å². The van der Waals surface area contributed by atoms with E-state index < -0.39 is 66.2 Å². The number of nitrogens with zero attached hydrogens (tertiary/aromatic N) is 1. The number of allylic oxidation sites excluding steroid dienone is 2. The Bertz CT molecular complexity index is 1690. The number of aromatic carboxylic acids is 1. The number of hydrogen-bond acceptors (Lipinski definition) is 5. The molecule has 40 heavy (non-hydrogen) atoms. The maximum atomic E-state index is 14.3. The molecule has 0 aliphatic carbocycles. The number of sulfone groups is 1. The minimum atomic E-state index is -4.98. The second-order valence-corrected chi connectivity index (χ2v) is 10.2. The highest BCUT2D eigenvalue weighted by molar-refractivity contribution is 8.09. The molecule has 0 fully saturated rings. The van der Waals surface area contributed by atoms with Crippen LogP contribution in [0.3, 0.4) is 0 Å². The first-order chi connectivity index (χ1) is 18.6. The zero-order valence-corrected chi connectivity index (χ0v) is 20.5. The number of halogens is 7. The molecule has 3 aromatic rings. The number of anilines is 1. The zero-order chi connectivity index (χ0) is 29.5. The number of hydrazone groups is 1. The van der Waals surface area contributed by atoms with Crippen molar-refractivity contribution in [2.45, 2.75) is 12.4 Å². The summed E-state index contributed by atoms with van der Waals surface area (Å²) >= 11 is 0. The van der Waals surface area contributed by atoms with Crippen molar-refractivity contribution < 1.29 is 49.1 Å². The number of carbonyl (C=O) groups is 1. The van der Waals surface area contributed by atoms with Gasteiger partial charge in [0.1, 0.15) is 11.5 Å². The Balaban J connectivity index is 1.90. The highest BCUT2D eigenvalue weighted by Gasteiger charge is 2.36. The molecule has 14 heteroatoms. The SMILES string of the molecule is O=C(O)c1ccc(C2=C/C(=N\Nc3c(F)cccc3C(F)(F)F)C=C(c3cccc(C(F)(F)F)c3)S2(=O)=O)cc1. The molecule has 0 aromatic heterocycles. The van der Waals surface area contributed by atoms with Crippen molar-refractivity contribution in [2.75, 3.05) is 5.43 Å². The molecule has 1 aliphatic heterocycles. The fourth-order valence-corrected chi connectivity index (χ4v) is 5.42. The summed E-state index contributed by atoms with van der Waals surface area (Å²) in [6.07, 6.45) is -8.07. The van der Waals surface area contributed by atoms with Gasteiger partial charge in [-0.1, -0.05) is 30.3 Å². The summed E-state index contributed by atoms with van der Waals surface area (Å²) in [5, 5.41) is 12.8. The lowest BCUT2D eigenvalue weighted by Crippen LogP contribution is -2.16. The third kappa shape index (κ3) is 5.76. The van der Waals surface area contributed by atoms with Crippen molar-refractivity contribution in [3.63, 3.8) is 0 Å². The normalized spacial score (nSPS) is 16.3. The van der Waals surface area contributed by atoms with Gasteiger partial charge in [-0.3, -0.25) is 5.43 Å². The molecule has 0 saturated carbocycles. The standard InChI is InChI=1S/C26H15F7N2O4S/c27-20-6-2-5-19(26(31,32)33)23(20)35-34-18-12-21(14-7-9-15(10-8-14)24(36)37)40(38,39)22(13-18)16-3-1-4-17(11-16)25(28,29)30/h1-13,35H,(H,36,37)/b34-18+. The summed E-state index contributed by atoms with van der Waals surface area (Å²) in [6, 6.07) is 9.92. The van der Waals surface area contributed by atoms with Gasteiger partial charge in [0.05, 0.1) is 32.2 Å². The Morgan fingerprint density at radius 2 is 1.40 bits per heavy atom. The molecular formula is C26H15F7N2O4S.